The first-order valence-electron chi connectivity index (χ1n) is 8.37. The van der Waals surface area contributed by atoms with E-state index in [1.807, 2.05) is 12.1 Å². The van der Waals surface area contributed by atoms with Crippen LogP contribution in [0.25, 0.3) is 0 Å². The maximum atomic E-state index is 12.0. The molecule has 0 atom stereocenters. The number of aryl methyl sites for hydroxylation is 1. The summed E-state index contributed by atoms with van der Waals surface area (Å²) in [5.74, 6) is 0.452. The molecular weight excluding hydrogens is 348 g/mol. The van der Waals surface area contributed by atoms with Gasteiger partial charge in [0.1, 0.15) is 10.6 Å². The highest BCUT2D eigenvalue weighted by Gasteiger charge is 2.32. The van der Waals surface area contributed by atoms with Gasteiger partial charge in [0.2, 0.25) is 0 Å². The lowest BCUT2D eigenvalue weighted by atomic mass is 10.2. The van der Waals surface area contributed by atoms with Gasteiger partial charge in [-0.05, 0) is 57.4 Å². The molecule has 0 fully saturated rings. The molecule has 1 aliphatic carbocycles. The van der Waals surface area contributed by atoms with E-state index in [1.54, 1.807) is 26.0 Å². The summed E-state index contributed by atoms with van der Waals surface area (Å²) in [6.07, 6.45) is 2.88. The van der Waals surface area contributed by atoms with Gasteiger partial charge in [0.15, 0.2) is 5.16 Å². The number of hydrogen-bond acceptors (Lipinski definition) is 7. The third-order valence-corrected chi connectivity index (χ3v) is 5.25. The van der Waals surface area contributed by atoms with Crippen molar-refractivity contribution in [2.24, 2.45) is 0 Å². The summed E-state index contributed by atoms with van der Waals surface area (Å²) in [4.78, 5) is 21.3. The minimum Gasteiger partial charge on any atom is -0.468 e. The monoisotopic (exact) mass is 368 g/mol. The Kier molecular flexibility index (Phi) is 5.14. The van der Waals surface area contributed by atoms with Gasteiger partial charge >= 0.3 is 5.97 Å². The predicted octanol–water partition coefficient (Wildman–Crippen LogP) is 3.62. The van der Waals surface area contributed by atoms with Crippen molar-refractivity contribution in [1.29, 1.82) is 5.26 Å². The van der Waals surface area contributed by atoms with Gasteiger partial charge in [0, 0.05) is 11.3 Å². The fraction of sp³-hybridized carbons (Fsp3) is 0.368. The van der Waals surface area contributed by atoms with E-state index in [9.17, 15) is 4.79 Å². The standard InChI is InChI=1S/C19H20N4O2S/c1-19(2,17(24)25-3)26-18-22-15-6-4-5-14(15)16(23-18)21-13-9-7-12(11-20)8-10-13/h7-10H,4-6H2,1-3H3,(H,21,22,23). The van der Waals surface area contributed by atoms with E-state index >= 15 is 0 Å². The Morgan fingerprint density at radius 2 is 2.00 bits per heavy atom. The minimum absolute atomic E-state index is 0.312. The van der Waals surface area contributed by atoms with Crippen LogP contribution in [0, 0.1) is 11.3 Å². The zero-order chi connectivity index (χ0) is 18.7. The Balaban J connectivity index is 1.91. The van der Waals surface area contributed by atoms with Crippen molar-refractivity contribution in [3.8, 4) is 6.07 Å². The number of hydrogen-bond donors (Lipinski definition) is 1. The number of esters is 1. The van der Waals surface area contributed by atoms with Crippen LogP contribution in [0.15, 0.2) is 29.4 Å². The lowest BCUT2D eigenvalue weighted by Gasteiger charge is -2.20. The van der Waals surface area contributed by atoms with Gasteiger partial charge in [0.05, 0.1) is 24.4 Å². The van der Waals surface area contributed by atoms with E-state index in [4.69, 9.17) is 10.00 Å². The highest BCUT2D eigenvalue weighted by molar-refractivity contribution is 8.01. The lowest BCUT2D eigenvalue weighted by molar-refractivity contribution is -0.142. The van der Waals surface area contributed by atoms with Gasteiger partial charge in [-0.1, -0.05) is 11.8 Å². The highest BCUT2D eigenvalue weighted by atomic mass is 32.2. The summed E-state index contributed by atoms with van der Waals surface area (Å²) in [5.41, 5.74) is 3.62. The van der Waals surface area contributed by atoms with Crippen molar-refractivity contribution >= 4 is 29.2 Å². The topological polar surface area (TPSA) is 87.9 Å². The maximum absolute atomic E-state index is 12.0. The largest absolute Gasteiger partial charge is 0.468 e. The molecule has 0 aliphatic heterocycles. The molecule has 1 heterocycles. The Bertz CT molecular complexity index is 872. The molecule has 0 bridgehead atoms. The summed E-state index contributed by atoms with van der Waals surface area (Å²) < 4.78 is 4.10. The summed E-state index contributed by atoms with van der Waals surface area (Å²) in [6.45, 7) is 3.60. The quantitative estimate of drug-likeness (QED) is 0.490. The molecule has 26 heavy (non-hydrogen) atoms. The van der Waals surface area contributed by atoms with E-state index in [-0.39, 0.29) is 5.97 Å². The number of rotatable bonds is 5. The van der Waals surface area contributed by atoms with Crippen LogP contribution >= 0.6 is 11.8 Å². The van der Waals surface area contributed by atoms with E-state index in [2.05, 4.69) is 21.4 Å². The van der Waals surface area contributed by atoms with Crippen LogP contribution in [0.5, 0.6) is 0 Å². The van der Waals surface area contributed by atoms with Gasteiger partial charge in [-0.3, -0.25) is 4.79 Å². The van der Waals surface area contributed by atoms with Crippen molar-refractivity contribution in [2.75, 3.05) is 12.4 Å². The first kappa shape index (κ1) is 18.2. The Morgan fingerprint density at radius 3 is 2.65 bits per heavy atom. The van der Waals surface area contributed by atoms with Crippen LogP contribution in [-0.2, 0) is 22.4 Å². The minimum atomic E-state index is -0.771. The van der Waals surface area contributed by atoms with Crippen molar-refractivity contribution in [3.05, 3.63) is 41.1 Å². The molecule has 0 saturated heterocycles. The molecule has 3 rings (SSSR count). The second kappa shape index (κ2) is 7.34. The van der Waals surface area contributed by atoms with Gasteiger partial charge in [-0.25, -0.2) is 9.97 Å². The Labute approximate surface area is 157 Å². The number of carbonyl (C=O) groups excluding carboxylic acids is 1. The van der Waals surface area contributed by atoms with Crippen molar-refractivity contribution in [3.63, 3.8) is 0 Å². The second-order valence-corrected chi connectivity index (χ2v) is 8.14. The zero-order valence-corrected chi connectivity index (χ0v) is 15.8. The summed E-state index contributed by atoms with van der Waals surface area (Å²) in [6, 6.07) is 9.35. The first-order valence-corrected chi connectivity index (χ1v) is 9.19. The maximum Gasteiger partial charge on any atom is 0.321 e. The van der Waals surface area contributed by atoms with Gasteiger partial charge in [-0.2, -0.15) is 5.26 Å². The number of carbonyl (C=O) groups is 1. The number of nitriles is 1. The van der Waals surface area contributed by atoms with Crippen molar-refractivity contribution in [2.45, 2.75) is 43.0 Å². The number of methoxy groups -OCH3 is 1. The second-order valence-electron chi connectivity index (χ2n) is 6.55. The smallest absolute Gasteiger partial charge is 0.321 e. The molecule has 0 saturated carbocycles. The highest BCUT2D eigenvalue weighted by Crippen LogP contribution is 2.35. The molecule has 2 aromatic rings. The zero-order valence-electron chi connectivity index (χ0n) is 15.0. The Morgan fingerprint density at radius 1 is 1.27 bits per heavy atom. The van der Waals surface area contributed by atoms with E-state index < -0.39 is 4.75 Å². The van der Waals surface area contributed by atoms with Crippen molar-refractivity contribution in [1.82, 2.24) is 9.97 Å². The number of fused-ring (bicyclic) bond motifs is 1. The van der Waals surface area contributed by atoms with Crippen LogP contribution < -0.4 is 5.32 Å². The first-order chi connectivity index (χ1) is 12.4. The fourth-order valence-corrected chi connectivity index (χ4v) is 3.76. The number of nitrogens with zero attached hydrogens (tertiary/aromatic N) is 3. The number of ether oxygens (including phenoxy) is 1. The predicted molar refractivity (Wildman–Crippen MR) is 100 cm³/mol. The average molecular weight is 368 g/mol. The number of benzene rings is 1. The van der Waals surface area contributed by atoms with E-state index in [0.29, 0.717) is 10.7 Å². The van der Waals surface area contributed by atoms with E-state index in [0.717, 1.165) is 42.0 Å². The van der Waals surface area contributed by atoms with Crippen LogP contribution in [-0.4, -0.2) is 27.8 Å². The molecule has 1 aromatic heterocycles. The molecule has 0 unspecified atom stereocenters. The molecule has 7 heteroatoms. The number of thioether (sulfide) groups is 1. The molecule has 0 radical (unpaired) electrons. The van der Waals surface area contributed by atoms with Gasteiger partial charge < -0.3 is 10.1 Å². The summed E-state index contributed by atoms with van der Waals surface area (Å²) >= 11 is 1.30. The number of aromatic nitrogens is 2. The molecule has 0 amide bonds. The molecule has 134 valence electrons. The molecule has 6 nitrogen and oxygen atoms in total. The lowest BCUT2D eigenvalue weighted by Crippen LogP contribution is -2.29. The molecule has 1 N–H and O–H groups in total. The van der Waals surface area contributed by atoms with E-state index in [1.165, 1.54) is 18.9 Å². The van der Waals surface area contributed by atoms with Gasteiger partial charge in [0.25, 0.3) is 0 Å². The number of anilines is 2. The fourth-order valence-electron chi connectivity index (χ4n) is 2.84. The van der Waals surface area contributed by atoms with Crippen LogP contribution in [0.1, 0.15) is 37.1 Å². The molecule has 1 aliphatic rings. The number of nitrogens with one attached hydrogen (secondary N) is 1. The van der Waals surface area contributed by atoms with Gasteiger partial charge in [-0.15, -0.1) is 0 Å². The normalized spacial score (nSPS) is 13.0. The van der Waals surface area contributed by atoms with Crippen LogP contribution in [0.4, 0.5) is 11.5 Å². The van der Waals surface area contributed by atoms with Crippen LogP contribution in [0.3, 0.4) is 0 Å². The summed E-state index contributed by atoms with van der Waals surface area (Å²) in [5, 5.41) is 12.8. The SMILES string of the molecule is COC(=O)C(C)(C)Sc1nc2c(c(Nc3ccc(C#N)cc3)n1)CCC2. The van der Waals surface area contributed by atoms with Crippen LogP contribution in [0.2, 0.25) is 0 Å². The third kappa shape index (κ3) is 3.81. The molecule has 1 aromatic carbocycles. The third-order valence-electron chi connectivity index (χ3n) is 4.21. The van der Waals surface area contributed by atoms with Crippen molar-refractivity contribution < 1.29 is 9.53 Å². The summed E-state index contributed by atoms with van der Waals surface area (Å²) in [7, 11) is 1.38. The molecule has 0 spiro atoms. The average Bonchev–Trinajstić information content (AvgIpc) is 3.10. The Hall–Kier alpha value is -2.59. The molecular formula is C19H20N4O2S.